The average Bonchev–Trinajstić information content (AvgIpc) is 3.40. The molecule has 1 aromatic heterocycles. The fraction of sp³-hybridized carbons (Fsp3) is 0.421. The van der Waals surface area contributed by atoms with Crippen LogP contribution in [0.15, 0.2) is 29.6 Å². The summed E-state index contributed by atoms with van der Waals surface area (Å²) in [7, 11) is 1.85. The number of rotatable bonds is 6. The van der Waals surface area contributed by atoms with Crippen LogP contribution >= 0.6 is 11.3 Å². The number of carbonyl (C=O) groups is 1. The second-order valence-electron chi connectivity index (χ2n) is 6.82. The smallest absolute Gasteiger partial charge is 0.241 e. The van der Waals surface area contributed by atoms with Crippen LogP contribution in [0, 0.1) is 6.92 Å². The molecule has 0 bridgehead atoms. The van der Waals surface area contributed by atoms with E-state index in [1.165, 1.54) is 10.4 Å². The SMILES string of the molecule is Cc1ccsc1CN(C)C(=O)C1CC(COc2ccc3c(c2)OCO3)NN1. The first-order valence-corrected chi connectivity index (χ1v) is 9.79. The van der Waals surface area contributed by atoms with Gasteiger partial charge in [-0.25, -0.2) is 5.43 Å². The highest BCUT2D eigenvalue weighted by Gasteiger charge is 2.31. The zero-order valence-electron chi connectivity index (χ0n) is 15.4. The molecule has 1 fully saturated rings. The van der Waals surface area contributed by atoms with Crippen LogP contribution in [0.4, 0.5) is 0 Å². The Hall–Kier alpha value is -2.29. The van der Waals surface area contributed by atoms with Gasteiger partial charge in [0.05, 0.1) is 12.6 Å². The minimum atomic E-state index is -0.249. The molecule has 3 heterocycles. The summed E-state index contributed by atoms with van der Waals surface area (Å²) >= 11 is 1.68. The normalized spacial score (nSPS) is 20.7. The van der Waals surface area contributed by atoms with E-state index in [4.69, 9.17) is 14.2 Å². The quantitative estimate of drug-likeness (QED) is 0.788. The molecule has 144 valence electrons. The molecule has 2 aliphatic rings. The molecule has 2 unspecified atom stereocenters. The van der Waals surface area contributed by atoms with Crippen molar-refractivity contribution in [3.8, 4) is 17.2 Å². The van der Waals surface area contributed by atoms with Gasteiger partial charge in [-0.1, -0.05) is 0 Å². The van der Waals surface area contributed by atoms with E-state index in [0.29, 0.717) is 25.3 Å². The highest BCUT2D eigenvalue weighted by atomic mass is 32.1. The van der Waals surface area contributed by atoms with Crippen LogP contribution in [0.1, 0.15) is 16.9 Å². The van der Waals surface area contributed by atoms with E-state index in [1.54, 1.807) is 16.2 Å². The van der Waals surface area contributed by atoms with Gasteiger partial charge in [-0.15, -0.1) is 11.3 Å². The molecular weight excluding hydrogens is 366 g/mol. The number of hydrazine groups is 1. The molecule has 0 radical (unpaired) electrons. The largest absolute Gasteiger partial charge is 0.492 e. The summed E-state index contributed by atoms with van der Waals surface area (Å²) in [6.07, 6.45) is 0.678. The number of hydrogen-bond acceptors (Lipinski definition) is 7. The molecule has 1 aromatic carbocycles. The average molecular weight is 389 g/mol. The lowest BCUT2D eigenvalue weighted by Crippen LogP contribution is -2.44. The fourth-order valence-corrected chi connectivity index (χ4v) is 4.14. The summed E-state index contributed by atoms with van der Waals surface area (Å²) in [5.74, 6) is 2.24. The van der Waals surface area contributed by atoms with Gasteiger partial charge in [-0.05, 0) is 42.5 Å². The summed E-state index contributed by atoms with van der Waals surface area (Å²) < 4.78 is 16.5. The summed E-state index contributed by atoms with van der Waals surface area (Å²) in [6, 6.07) is 7.41. The number of aryl methyl sites for hydroxylation is 1. The lowest BCUT2D eigenvalue weighted by atomic mass is 10.1. The molecule has 0 spiro atoms. The van der Waals surface area contributed by atoms with Crippen molar-refractivity contribution in [1.82, 2.24) is 15.8 Å². The topological polar surface area (TPSA) is 72.1 Å². The Bertz CT molecular complexity index is 825. The molecule has 8 heteroatoms. The fourth-order valence-electron chi connectivity index (χ4n) is 3.18. The molecule has 2 aromatic rings. The summed E-state index contributed by atoms with van der Waals surface area (Å²) in [6.45, 7) is 3.42. The second-order valence-corrected chi connectivity index (χ2v) is 7.82. The molecule has 2 atom stereocenters. The van der Waals surface area contributed by atoms with Crippen molar-refractivity contribution < 1.29 is 19.0 Å². The highest BCUT2D eigenvalue weighted by molar-refractivity contribution is 7.10. The number of nitrogens with one attached hydrogen (secondary N) is 2. The van der Waals surface area contributed by atoms with Crippen molar-refractivity contribution in [3.05, 3.63) is 40.1 Å². The molecule has 0 aliphatic carbocycles. The number of amides is 1. The number of likely N-dealkylation sites (N-methyl/N-ethyl adjacent to an activating group) is 1. The highest BCUT2D eigenvalue weighted by Crippen LogP contribution is 2.35. The second kappa shape index (κ2) is 7.75. The van der Waals surface area contributed by atoms with Gasteiger partial charge >= 0.3 is 0 Å². The maximum Gasteiger partial charge on any atom is 0.241 e. The number of hydrogen-bond donors (Lipinski definition) is 2. The van der Waals surface area contributed by atoms with E-state index in [-0.39, 0.29) is 24.8 Å². The first-order chi connectivity index (χ1) is 13.1. The van der Waals surface area contributed by atoms with Gasteiger partial charge in [0.15, 0.2) is 11.5 Å². The molecule has 1 amide bonds. The van der Waals surface area contributed by atoms with Crippen molar-refractivity contribution in [2.75, 3.05) is 20.4 Å². The van der Waals surface area contributed by atoms with Crippen LogP contribution in [0.5, 0.6) is 17.2 Å². The standard InChI is InChI=1S/C19H23N3O4S/c1-12-5-6-27-18(12)9-22(2)19(23)15-7-13(20-21-15)10-24-14-3-4-16-17(8-14)26-11-25-16/h3-6,8,13,15,20-21H,7,9-11H2,1-2H3. The lowest BCUT2D eigenvalue weighted by Gasteiger charge is -2.20. The van der Waals surface area contributed by atoms with Crippen molar-refractivity contribution in [2.45, 2.75) is 32.0 Å². The monoisotopic (exact) mass is 389 g/mol. The van der Waals surface area contributed by atoms with Crippen LogP contribution in [-0.2, 0) is 11.3 Å². The predicted molar refractivity (Wildman–Crippen MR) is 102 cm³/mol. The Balaban J connectivity index is 1.27. The number of ether oxygens (including phenoxy) is 3. The Morgan fingerprint density at radius 1 is 1.30 bits per heavy atom. The molecular formula is C19H23N3O4S. The van der Waals surface area contributed by atoms with Crippen LogP contribution < -0.4 is 25.1 Å². The van der Waals surface area contributed by atoms with Crippen molar-refractivity contribution in [2.24, 2.45) is 0 Å². The molecule has 7 nitrogen and oxygen atoms in total. The Kier molecular flexibility index (Phi) is 5.20. The first kappa shape index (κ1) is 18.1. The molecule has 0 saturated carbocycles. The molecule has 4 rings (SSSR count). The van der Waals surface area contributed by atoms with E-state index in [1.807, 2.05) is 25.2 Å². The number of carbonyl (C=O) groups excluding carboxylic acids is 1. The van der Waals surface area contributed by atoms with Gasteiger partial charge in [0.25, 0.3) is 0 Å². The van der Waals surface area contributed by atoms with E-state index in [9.17, 15) is 4.79 Å². The minimum Gasteiger partial charge on any atom is -0.492 e. The van der Waals surface area contributed by atoms with E-state index in [0.717, 1.165) is 11.5 Å². The van der Waals surface area contributed by atoms with Gasteiger partial charge in [-0.2, -0.15) is 0 Å². The molecule has 2 N–H and O–H groups in total. The third-order valence-electron chi connectivity index (χ3n) is 4.80. The third-order valence-corrected chi connectivity index (χ3v) is 5.81. The number of nitrogens with zero attached hydrogens (tertiary/aromatic N) is 1. The predicted octanol–water partition coefficient (Wildman–Crippen LogP) is 2.06. The summed E-state index contributed by atoms with van der Waals surface area (Å²) in [5, 5.41) is 2.06. The number of fused-ring (bicyclic) bond motifs is 1. The number of benzene rings is 1. The Morgan fingerprint density at radius 2 is 2.15 bits per heavy atom. The van der Waals surface area contributed by atoms with Crippen LogP contribution in [0.25, 0.3) is 0 Å². The maximum absolute atomic E-state index is 12.7. The van der Waals surface area contributed by atoms with Crippen LogP contribution in [0.2, 0.25) is 0 Å². The minimum absolute atomic E-state index is 0.0567. The Morgan fingerprint density at radius 3 is 2.96 bits per heavy atom. The van der Waals surface area contributed by atoms with Crippen LogP contribution in [0.3, 0.4) is 0 Å². The third kappa shape index (κ3) is 4.02. The van der Waals surface area contributed by atoms with Crippen molar-refractivity contribution in [1.29, 1.82) is 0 Å². The van der Waals surface area contributed by atoms with Gasteiger partial charge in [-0.3, -0.25) is 10.2 Å². The van der Waals surface area contributed by atoms with E-state index in [2.05, 4.69) is 29.2 Å². The lowest BCUT2D eigenvalue weighted by molar-refractivity contribution is -0.132. The van der Waals surface area contributed by atoms with Gasteiger partial charge in [0.2, 0.25) is 12.7 Å². The molecule has 1 saturated heterocycles. The summed E-state index contributed by atoms with van der Waals surface area (Å²) in [5.41, 5.74) is 7.49. The van der Waals surface area contributed by atoms with Crippen LogP contribution in [-0.4, -0.2) is 43.3 Å². The maximum atomic E-state index is 12.7. The Labute approximate surface area is 162 Å². The molecule has 27 heavy (non-hydrogen) atoms. The molecule has 2 aliphatic heterocycles. The number of thiophene rings is 1. The first-order valence-electron chi connectivity index (χ1n) is 8.91. The summed E-state index contributed by atoms with van der Waals surface area (Å²) in [4.78, 5) is 15.7. The van der Waals surface area contributed by atoms with E-state index < -0.39 is 0 Å². The zero-order chi connectivity index (χ0) is 18.8. The van der Waals surface area contributed by atoms with Gasteiger partial charge in [0, 0.05) is 18.0 Å². The van der Waals surface area contributed by atoms with Crippen molar-refractivity contribution >= 4 is 17.2 Å². The van der Waals surface area contributed by atoms with E-state index >= 15 is 0 Å². The zero-order valence-corrected chi connectivity index (χ0v) is 16.2. The van der Waals surface area contributed by atoms with Crippen molar-refractivity contribution in [3.63, 3.8) is 0 Å². The van der Waals surface area contributed by atoms with Gasteiger partial charge in [0.1, 0.15) is 18.4 Å². The van der Waals surface area contributed by atoms with Gasteiger partial charge < -0.3 is 19.1 Å².